The minimum Gasteiger partial charge on any atom is -0.394 e. The third kappa shape index (κ3) is 1.95. The zero-order valence-corrected chi connectivity index (χ0v) is 8.78. The maximum Gasteiger partial charge on any atom is 0.138 e. The first-order chi connectivity index (χ1) is 7.61. The van der Waals surface area contributed by atoms with Crippen molar-refractivity contribution in [2.45, 2.75) is 24.9 Å². The van der Waals surface area contributed by atoms with Crippen molar-refractivity contribution in [1.82, 2.24) is 4.90 Å². The summed E-state index contributed by atoms with van der Waals surface area (Å²) in [5.41, 5.74) is 5.51. The van der Waals surface area contributed by atoms with Crippen molar-refractivity contribution in [2.75, 3.05) is 6.61 Å². The molecule has 1 fully saturated rings. The van der Waals surface area contributed by atoms with Crippen molar-refractivity contribution in [3.63, 3.8) is 0 Å². The minimum absolute atomic E-state index is 0.201. The summed E-state index contributed by atoms with van der Waals surface area (Å²) in [6.45, 7) is 3.55. The first-order valence-electron chi connectivity index (χ1n) is 5.06. The number of aliphatic hydroxyl groups is 2. The molecule has 0 radical (unpaired) electrons. The van der Waals surface area contributed by atoms with E-state index >= 15 is 0 Å². The predicted octanol–water partition coefficient (Wildman–Crippen LogP) is -0.888. The monoisotopic (exact) mass is 225 g/mol. The molecular formula is C10H15N3O3. The average molecular weight is 225 g/mol. The Morgan fingerprint density at radius 3 is 3.00 bits per heavy atom. The van der Waals surface area contributed by atoms with E-state index in [1.165, 1.54) is 0 Å². The van der Waals surface area contributed by atoms with Crippen LogP contribution in [0.1, 0.15) is 6.42 Å². The Bertz CT molecular complexity index is 353. The second-order valence-corrected chi connectivity index (χ2v) is 3.79. The van der Waals surface area contributed by atoms with Crippen molar-refractivity contribution >= 4 is 5.84 Å². The van der Waals surface area contributed by atoms with Gasteiger partial charge in [-0.15, -0.1) is 0 Å². The van der Waals surface area contributed by atoms with E-state index in [2.05, 4.69) is 11.6 Å². The van der Waals surface area contributed by atoms with Gasteiger partial charge in [-0.2, -0.15) is 0 Å². The zero-order chi connectivity index (χ0) is 11.7. The molecular weight excluding hydrogens is 210 g/mol. The number of hydrogen-bond donors (Lipinski definition) is 3. The topological polar surface area (TPSA) is 91.3 Å². The zero-order valence-electron chi connectivity index (χ0n) is 8.78. The molecule has 0 aliphatic carbocycles. The van der Waals surface area contributed by atoms with Crippen LogP contribution in [-0.4, -0.2) is 46.0 Å². The molecule has 1 saturated heterocycles. The maximum absolute atomic E-state index is 9.60. The van der Waals surface area contributed by atoms with Crippen molar-refractivity contribution < 1.29 is 14.9 Å². The van der Waals surface area contributed by atoms with Gasteiger partial charge in [-0.25, -0.2) is 4.99 Å². The standard InChI is InChI=1S/C10H15N3O3/c1-6-12-9(11)2-3-13(6)10-4-7(15)8(5-14)16-10/h2-3,7-8,10,14-15H,1,4-5H2,(H2,11,12)/t7-,8-,10-/m1/s1. The van der Waals surface area contributed by atoms with E-state index in [1.807, 2.05) is 0 Å². The molecule has 2 aliphatic rings. The summed E-state index contributed by atoms with van der Waals surface area (Å²) >= 11 is 0. The SMILES string of the molecule is C=C1N=C(N)C=CN1[C@H]1C[C@@H](O)[C@@H](CO)O1. The summed E-state index contributed by atoms with van der Waals surface area (Å²) in [7, 11) is 0. The minimum atomic E-state index is -0.667. The molecule has 2 aliphatic heterocycles. The highest BCUT2D eigenvalue weighted by atomic mass is 16.5. The van der Waals surface area contributed by atoms with Crippen LogP contribution in [0.5, 0.6) is 0 Å². The van der Waals surface area contributed by atoms with Crippen molar-refractivity contribution in [2.24, 2.45) is 10.7 Å². The van der Waals surface area contributed by atoms with E-state index in [4.69, 9.17) is 15.6 Å². The second kappa shape index (κ2) is 4.25. The highest BCUT2D eigenvalue weighted by Gasteiger charge is 2.37. The van der Waals surface area contributed by atoms with Gasteiger partial charge in [-0.3, -0.25) is 0 Å². The summed E-state index contributed by atoms with van der Waals surface area (Å²) in [6, 6.07) is 0. The number of ether oxygens (including phenoxy) is 1. The maximum atomic E-state index is 9.60. The van der Waals surface area contributed by atoms with Gasteiger partial charge in [0.2, 0.25) is 0 Å². The lowest BCUT2D eigenvalue weighted by atomic mass is 10.2. The molecule has 3 atom stereocenters. The third-order valence-electron chi connectivity index (χ3n) is 2.66. The summed E-state index contributed by atoms with van der Waals surface area (Å²) in [6.07, 6.45) is 2.18. The Balaban J connectivity index is 2.06. The fourth-order valence-electron chi connectivity index (χ4n) is 1.80. The fraction of sp³-hybridized carbons (Fsp3) is 0.500. The van der Waals surface area contributed by atoms with Crippen molar-refractivity contribution in [3.8, 4) is 0 Å². The van der Waals surface area contributed by atoms with Gasteiger partial charge in [0.15, 0.2) is 0 Å². The molecule has 0 spiro atoms. The van der Waals surface area contributed by atoms with Crippen LogP contribution < -0.4 is 5.73 Å². The van der Waals surface area contributed by atoms with E-state index in [0.29, 0.717) is 18.1 Å². The van der Waals surface area contributed by atoms with Gasteiger partial charge in [0, 0.05) is 12.6 Å². The van der Waals surface area contributed by atoms with Gasteiger partial charge in [0.1, 0.15) is 24.0 Å². The van der Waals surface area contributed by atoms with Gasteiger partial charge in [-0.05, 0) is 6.08 Å². The molecule has 0 aromatic carbocycles. The number of hydrogen-bond acceptors (Lipinski definition) is 6. The van der Waals surface area contributed by atoms with Crippen LogP contribution in [-0.2, 0) is 4.74 Å². The Morgan fingerprint density at radius 2 is 2.44 bits per heavy atom. The van der Waals surface area contributed by atoms with Crippen LogP contribution in [0.4, 0.5) is 0 Å². The number of aliphatic hydroxyl groups excluding tert-OH is 2. The molecule has 88 valence electrons. The fourth-order valence-corrected chi connectivity index (χ4v) is 1.80. The average Bonchev–Trinajstić information content (AvgIpc) is 2.59. The lowest BCUT2D eigenvalue weighted by Crippen LogP contribution is -2.33. The van der Waals surface area contributed by atoms with Crippen LogP contribution in [0.2, 0.25) is 0 Å². The van der Waals surface area contributed by atoms with Crippen LogP contribution in [0.15, 0.2) is 29.7 Å². The first kappa shape index (κ1) is 11.1. The summed E-state index contributed by atoms with van der Waals surface area (Å²) < 4.78 is 5.47. The van der Waals surface area contributed by atoms with E-state index in [1.54, 1.807) is 17.2 Å². The first-order valence-corrected chi connectivity index (χ1v) is 5.06. The highest BCUT2D eigenvalue weighted by molar-refractivity contribution is 5.92. The lowest BCUT2D eigenvalue weighted by molar-refractivity contribution is -0.0562. The molecule has 16 heavy (non-hydrogen) atoms. The lowest BCUT2D eigenvalue weighted by Gasteiger charge is -2.28. The predicted molar refractivity (Wildman–Crippen MR) is 58.1 cm³/mol. The van der Waals surface area contributed by atoms with Crippen molar-refractivity contribution in [3.05, 3.63) is 24.7 Å². The van der Waals surface area contributed by atoms with Gasteiger partial charge < -0.3 is 25.6 Å². The van der Waals surface area contributed by atoms with Gasteiger partial charge in [0.05, 0.1) is 12.7 Å². The Kier molecular flexibility index (Phi) is 2.95. The number of nitrogens with two attached hydrogens (primary N) is 1. The molecule has 6 nitrogen and oxygen atoms in total. The quantitative estimate of drug-likeness (QED) is 0.567. The number of amidine groups is 1. The Hall–Kier alpha value is -1.37. The number of rotatable bonds is 2. The van der Waals surface area contributed by atoms with Crippen LogP contribution in [0.3, 0.4) is 0 Å². The van der Waals surface area contributed by atoms with Gasteiger partial charge in [-0.1, -0.05) is 6.58 Å². The normalized spacial score (nSPS) is 34.4. The van der Waals surface area contributed by atoms with Gasteiger partial charge in [0.25, 0.3) is 0 Å². The molecule has 0 amide bonds. The smallest absolute Gasteiger partial charge is 0.138 e. The second-order valence-electron chi connectivity index (χ2n) is 3.79. The largest absolute Gasteiger partial charge is 0.394 e. The van der Waals surface area contributed by atoms with E-state index in [0.717, 1.165) is 0 Å². The summed E-state index contributed by atoms with van der Waals surface area (Å²) in [4.78, 5) is 5.69. The molecule has 2 rings (SSSR count). The van der Waals surface area contributed by atoms with Gasteiger partial charge >= 0.3 is 0 Å². The Morgan fingerprint density at radius 1 is 1.69 bits per heavy atom. The molecule has 2 heterocycles. The highest BCUT2D eigenvalue weighted by Crippen LogP contribution is 2.27. The molecule has 0 saturated carbocycles. The number of aliphatic imine (C=N–C) groups is 1. The Labute approximate surface area is 93.3 Å². The summed E-state index contributed by atoms with van der Waals surface area (Å²) in [5.74, 6) is 0.856. The third-order valence-corrected chi connectivity index (χ3v) is 2.66. The molecule has 0 aromatic heterocycles. The molecule has 6 heteroatoms. The molecule has 0 bridgehead atoms. The van der Waals surface area contributed by atoms with Crippen LogP contribution >= 0.6 is 0 Å². The van der Waals surface area contributed by atoms with Crippen LogP contribution in [0, 0.1) is 0 Å². The van der Waals surface area contributed by atoms with Crippen LogP contribution in [0.25, 0.3) is 0 Å². The van der Waals surface area contributed by atoms with E-state index < -0.39 is 12.2 Å². The van der Waals surface area contributed by atoms with E-state index in [-0.39, 0.29) is 12.8 Å². The molecule has 0 aromatic rings. The number of nitrogens with zero attached hydrogens (tertiary/aromatic N) is 2. The van der Waals surface area contributed by atoms with E-state index in [9.17, 15) is 5.11 Å². The summed E-state index contributed by atoms with van der Waals surface area (Å²) in [5, 5.41) is 18.6. The molecule has 0 unspecified atom stereocenters. The molecule has 4 N–H and O–H groups in total. The van der Waals surface area contributed by atoms with Crippen molar-refractivity contribution in [1.29, 1.82) is 0 Å².